The van der Waals surface area contributed by atoms with E-state index < -0.39 is 6.10 Å². The molecule has 0 rings (SSSR count). The Morgan fingerprint density at radius 1 is 1.54 bits per heavy atom. The van der Waals surface area contributed by atoms with Gasteiger partial charge in [0.1, 0.15) is 0 Å². The van der Waals surface area contributed by atoms with Gasteiger partial charge in [0, 0.05) is 20.1 Å². The minimum atomic E-state index is -0.405. The molecule has 3 heteroatoms. The minimum absolute atomic E-state index is 0.386. The Bertz CT molecular complexity index is 142. The predicted molar refractivity (Wildman–Crippen MR) is 53.4 cm³/mol. The molecule has 0 bridgehead atoms. The first-order valence-corrected chi connectivity index (χ1v) is 4.62. The first-order valence-electron chi connectivity index (χ1n) is 4.62. The summed E-state index contributed by atoms with van der Waals surface area (Å²) < 4.78 is 4.78. The van der Waals surface area contributed by atoms with E-state index in [2.05, 4.69) is 11.2 Å². The molecular formula is C10H19NO2. The summed E-state index contributed by atoms with van der Waals surface area (Å²) in [4.78, 5) is 0. The number of aliphatic hydroxyl groups is 1. The number of methoxy groups -OCH3 is 1. The Morgan fingerprint density at radius 3 is 2.92 bits per heavy atom. The van der Waals surface area contributed by atoms with Crippen molar-refractivity contribution in [3.8, 4) is 12.3 Å². The van der Waals surface area contributed by atoms with Crippen LogP contribution >= 0.6 is 0 Å². The molecule has 0 spiro atoms. The summed E-state index contributed by atoms with van der Waals surface area (Å²) >= 11 is 0. The number of nitrogens with one attached hydrogen (secondary N) is 1. The molecule has 1 atom stereocenters. The van der Waals surface area contributed by atoms with E-state index in [1.165, 1.54) is 0 Å². The number of hydrogen-bond acceptors (Lipinski definition) is 3. The first-order chi connectivity index (χ1) is 6.31. The minimum Gasteiger partial charge on any atom is -0.389 e. The van der Waals surface area contributed by atoms with Crippen molar-refractivity contribution in [2.24, 2.45) is 0 Å². The molecule has 0 amide bonds. The van der Waals surface area contributed by atoms with Gasteiger partial charge in [0.05, 0.1) is 12.7 Å². The average molecular weight is 185 g/mol. The SMILES string of the molecule is C#CCCCCNCC(O)COC. The van der Waals surface area contributed by atoms with E-state index >= 15 is 0 Å². The molecule has 0 aromatic heterocycles. The maximum Gasteiger partial charge on any atom is 0.0897 e. The third-order valence-corrected chi connectivity index (χ3v) is 1.66. The topological polar surface area (TPSA) is 41.5 Å². The normalized spacial score (nSPS) is 12.4. The zero-order valence-corrected chi connectivity index (χ0v) is 8.25. The van der Waals surface area contributed by atoms with Crippen molar-refractivity contribution in [1.29, 1.82) is 0 Å². The quantitative estimate of drug-likeness (QED) is 0.424. The third-order valence-electron chi connectivity index (χ3n) is 1.66. The molecule has 1 unspecified atom stereocenters. The lowest BCUT2D eigenvalue weighted by Gasteiger charge is -2.09. The monoisotopic (exact) mass is 185 g/mol. The van der Waals surface area contributed by atoms with E-state index in [1.54, 1.807) is 7.11 Å². The van der Waals surface area contributed by atoms with Gasteiger partial charge in [-0.3, -0.25) is 0 Å². The lowest BCUT2D eigenvalue weighted by molar-refractivity contribution is 0.0646. The molecule has 0 aromatic carbocycles. The highest BCUT2D eigenvalue weighted by molar-refractivity contribution is 4.82. The fourth-order valence-electron chi connectivity index (χ4n) is 0.997. The highest BCUT2D eigenvalue weighted by Crippen LogP contribution is 1.91. The molecule has 76 valence electrons. The molecule has 0 saturated heterocycles. The van der Waals surface area contributed by atoms with E-state index in [1.807, 2.05) is 0 Å². The van der Waals surface area contributed by atoms with Crippen molar-refractivity contribution >= 4 is 0 Å². The van der Waals surface area contributed by atoms with Crippen molar-refractivity contribution in [3.05, 3.63) is 0 Å². The molecular weight excluding hydrogens is 166 g/mol. The highest BCUT2D eigenvalue weighted by atomic mass is 16.5. The molecule has 0 aliphatic heterocycles. The third kappa shape index (κ3) is 9.35. The van der Waals surface area contributed by atoms with E-state index in [0.717, 1.165) is 25.8 Å². The van der Waals surface area contributed by atoms with E-state index in [-0.39, 0.29) is 0 Å². The smallest absolute Gasteiger partial charge is 0.0897 e. The van der Waals surface area contributed by atoms with E-state index in [4.69, 9.17) is 11.2 Å². The van der Waals surface area contributed by atoms with Gasteiger partial charge >= 0.3 is 0 Å². The van der Waals surface area contributed by atoms with Crippen molar-refractivity contribution in [2.75, 3.05) is 26.8 Å². The maximum absolute atomic E-state index is 9.23. The van der Waals surface area contributed by atoms with Crippen LogP contribution < -0.4 is 5.32 Å². The van der Waals surface area contributed by atoms with Crippen molar-refractivity contribution < 1.29 is 9.84 Å². The van der Waals surface area contributed by atoms with Crippen molar-refractivity contribution in [1.82, 2.24) is 5.32 Å². The lowest BCUT2D eigenvalue weighted by Crippen LogP contribution is -2.30. The molecule has 0 fully saturated rings. The first kappa shape index (κ1) is 12.4. The van der Waals surface area contributed by atoms with Crippen LogP contribution in [0.4, 0.5) is 0 Å². The number of aliphatic hydroxyl groups excluding tert-OH is 1. The number of unbranched alkanes of at least 4 members (excludes halogenated alkanes) is 2. The van der Waals surface area contributed by atoms with Gasteiger partial charge in [0.15, 0.2) is 0 Å². The summed E-state index contributed by atoms with van der Waals surface area (Å²) in [7, 11) is 1.58. The van der Waals surface area contributed by atoms with E-state index in [9.17, 15) is 5.11 Å². The van der Waals surface area contributed by atoms with Crippen LogP contribution in [0, 0.1) is 12.3 Å². The summed E-state index contributed by atoms with van der Waals surface area (Å²) in [5.41, 5.74) is 0. The molecule has 3 nitrogen and oxygen atoms in total. The van der Waals surface area contributed by atoms with Gasteiger partial charge in [-0.2, -0.15) is 0 Å². The van der Waals surface area contributed by atoms with Gasteiger partial charge in [0.2, 0.25) is 0 Å². The molecule has 0 aliphatic carbocycles. The second kappa shape index (κ2) is 9.53. The summed E-state index contributed by atoms with van der Waals surface area (Å²) in [6.07, 6.45) is 7.64. The number of rotatable bonds is 8. The lowest BCUT2D eigenvalue weighted by atomic mass is 10.2. The van der Waals surface area contributed by atoms with Gasteiger partial charge in [0.25, 0.3) is 0 Å². The van der Waals surface area contributed by atoms with Crippen LogP contribution in [0.15, 0.2) is 0 Å². The van der Waals surface area contributed by atoms with Crippen LogP contribution in [-0.4, -0.2) is 38.0 Å². The number of hydrogen-bond donors (Lipinski definition) is 2. The fraction of sp³-hybridized carbons (Fsp3) is 0.800. The predicted octanol–water partition coefficient (Wildman–Crippen LogP) is 0.387. The molecule has 2 N–H and O–H groups in total. The Labute approximate surface area is 80.5 Å². The fourth-order valence-corrected chi connectivity index (χ4v) is 0.997. The molecule has 0 aliphatic rings. The molecule has 0 saturated carbocycles. The van der Waals surface area contributed by atoms with Crippen LogP contribution in [0.5, 0.6) is 0 Å². The van der Waals surface area contributed by atoms with Gasteiger partial charge in [-0.05, 0) is 19.4 Å². The van der Waals surface area contributed by atoms with Gasteiger partial charge < -0.3 is 15.2 Å². The average Bonchev–Trinajstić information content (AvgIpc) is 2.11. The summed E-state index contributed by atoms with van der Waals surface area (Å²) in [6, 6.07) is 0. The molecule has 0 heterocycles. The van der Waals surface area contributed by atoms with E-state index in [0.29, 0.717) is 13.2 Å². The zero-order chi connectivity index (χ0) is 9.94. The Hall–Kier alpha value is -0.560. The molecule has 13 heavy (non-hydrogen) atoms. The van der Waals surface area contributed by atoms with Crippen LogP contribution in [0.1, 0.15) is 19.3 Å². The Morgan fingerprint density at radius 2 is 2.31 bits per heavy atom. The standard InChI is InChI=1S/C10H19NO2/c1-3-4-5-6-7-11-8-10(12)9-13-2/h1,10-12H,4-9H2,2H3. The van der Waals surface area contributed by atoms with Crippen molar-refractivity contribution in [3.63, 3.8) is 0 Å². The van der Waals surface area contributed by atoms with Crippen molar-refractivity contribution in [2.45, 2.75) is 25.4 Å². The Balaban J connectivity index is 3.03. The summed E-state index contributed by atoms with van der Waals surface area (Å²) in [6.45, 7) is 1.88. The van der Waals surface area contributed by atoms with Crippen LogP contribution in [0.2, 0.25) is 0 Å². The second-order valence-electron chi connectivity index (χ2n) is 2.97. The van der Waals surface area contributed by atoms with Gasteiger partial charge in [-0.1, -0.05) is 0 Å². The summed E-state index contributed by atoms with van der Waals surface area (Å²) in [5, 5.41) is 12.4. The molecule has 0 radical (unpaired) electrons. The van der Waals surface area contributed by atoms with Gasteiger partial charge in [-0.15, -0.1) is 12.3 Å². The zero-order valence-electron chi connectivity index (χ0n) is 8.25. The largest absolute Gasteiger partial charge is 0.389 e. The molecule has 0 aromatic rings. The maximum atomic E-state index is 9.23. The highest BCUT2D eigenvalue weighted by Gasteiger charge is 2.00. The number of ether oxygens (including phenoxy) is 1. The van der Waals surface area contributed by atoms with Gasteiger partial charge in [-0.25, -0.2) is 0 Å². The van der Waals surface area contributed by atoms with Crippen LogP contribution in [-0.2, 0) is 4.74 Å². The number of terminal acetylenes is 1. The van der Waals surface area contributed by atoms with Crippen LogP contribution in [0.3, 0.4) is 0 Å². The second-order valence-corrected chi connectivity index (χ2v) is 2.97. The Kier molecular flexibility index (Phi) is 9.12. The van der Waals surface area contributed by atoms with Crippen LogP contribution in [0.25, 0.3) is 0 Å². The summed E-state index contributed by atoms with van der Waals surface area (Å²) in [5.74, 6) is 2.59.